The lowest BCUT2D eigenvalue weighted by atomic mass is 10.0. The van der Waals surface area contributed by atoms with E-state index in [1.54, 1.807) is 7.11 Å². The lowest BCUT2D eigenvalue weighted by Gasteiger charge is -2.18. The monoisotopic (exact) mass is 414 g/mol. The molecule has 0 aliphatic rings. The van der Waals surface area contributed by atoms with Crippen molar-refractivity contribution in [3.8, 4) is 5.75 Å². The standard InChI is InChI=1S/C25H22N2O4/c1-30-17-13-11-16(12-14-17)15-22(25(29)31-2)27-24(28)23-18-7-3-5-9-20(18)26-21-10-6-4-8-19(21)23/h3-14,22H,15H2,1-2H3,(H,27,28)/t22-/m1/s1. The summed E-state index contributed by atoms with van der Waals surface area (Å²) in [7, 11) is 2.91. The van der Waals surface area contributed by atoms with Gasteiger partial charge in [0.15, 0.2) is 0 Å². The minimum Gasteiger partial charge on any atom is -0.497 e. The van der Waals surface area contributed by atoms with Gasteiger partial charge in [0.05, 0.1) is 30.8 Å². The molecule has 0 unspecified atom stereocenters. The number of aromatic nitrogens is 1. The Morgan fingerprint density at radius 2 is 1.45 bits per heavy atom. The average Bonchev–Trinajstić information content (AvgIpc) is 2.81. The minimum atomic E-state index is -0.836. The molecule has 0 aliphatic heterocycles. The Labute approximate surface area is 179 Å². The van der Waals surface area contributed by atoms with Crippen molar-refractivity contribution >= 4 is 33.7 Å². The number of hydrogen-bond donors (Lipinski definition) is 1. The Morgan fingerprint density at radius 3 is 2.00 bits per heavy atom. The highest BCUT2D eigenvalue weighted by Gasteiger charge is 2.25. The maximum Gasteiger partial charge on any atom is 0.328 e. The van der Waals surface area contributed by atoms with Gasteiger partial charge in [-0.05, 0) is 29.8 Å². The van der Waals surface area contributed by atoms with Gasteiger partial charge in [-0.1, -0.05) is 48.5 Å². The fourth-order valence-electron chi connectivity index (χ4n) is 3.65. The number of carbonyl (C=O) groups is 2. The topological polar surface area (TPSA) is 77.5 Å². The van der Waals surface area contributed by atoms with Crippen LogP contribution in [0.5, 0.6) is 5.75 Å². The van der Waals surface area contributed by atoms with Crippen LogP contribution in [0.3, 0.4) is 0 Å². The molecule has 1 heterocycles. The van der Waals surface area contributed by atoms with E-state index in [0.29, 0.717) is 12.0 Å². The van der Waals surface area contributed by atoms with Gasteiger partial charge < -0.3 is 14.8 Å². The second-order valence-corrected chi connectivity index (χ2v) is 7.12. The van der Waals surface area contributed by atoms with Crippen molar-refractivity contribution in [3.05, 3.63) is 83.9 Å². The SMILES string of the molecule is COC(=O)[C@@H](Cc1ccc(OC)cc1)NC(=O)c1c2ccccc2nc2ccccc12. The molecule has 1 N–H and O–H groups in total. The molecule has 0 aliphatic carbocycles. The molecule has 1 atom stereocenters. The summed E-state index contributed by atoms with van der Waals surface area (Å²) in [5, 5.41) is 4.33. The number of nitrogens with one attached hydrogen (secondary N) is 1. The second-order valence-electron chi connectivity index (χ2n) is 7.12. The number of para-hydroxylation sites is 2. The van der Waals surface area contributed by atoms with Gasteiger partial charge in [-0.25, -0.2) is 9.78 Å². The van der Waals surface area contributed by atoms with Gasteiger partial charge in [0.25, 0.3) is 5.91 Å². The number of methoxy groups -OCH3 is 2. The zero-order valence-corrected chi connectivity index (χ0v) is 17.3. The largest absolute Gasteiger partial charge is 0.497 e. The first-order chi connectivity index (χ1) is 15.1. The maximum absolute atomic E-state index is 13.4. The summed E-state index contributed by atoms with van der Waals surface area (Å²) in [5.41, 5.74) is 2.80. The highest BCUT2D eigenvalue weighted by atomic mass is 16.5. The van der Waals surface area contributed by atoms with E-state index in [4.69, 9.17) is 9.47 Å². The molecule has 0 saturated carbocycles. The van der Waals surface area contributed by atoms with Crippen molar-refractivity contribution in [1.29, 1.82) is 0 Å². The molecular formula is C25H22N2O4. The zero-order valence-electron chi connectivity index (χ0n) is 17.3. The van der Waals surface area contributed by atoms with Crippen LogP contribution in [0, 0.1) is 0 Å². The predicted octanol–water partition coefficient (Wildman–Crippen LogP) is 3.91. The van der Waals surface area contributed by atoms with Gasteiger partial charge in [-0.2, -0.15) is 0 Å². The molecule has 4 aromatic rings. The molecule has 0 saturated heterocycles. The van der Waals surface area contributed by atoms with Crippen molar-refractivity contribution in [2.45, 2.75) is 12.5 Å². The minimum absolute atomic E-state index is 0.295. The van der Waals surface area contributed by atoms with E-state index in [9.17, 15) is 9.59 Å². The first-order valence-corrected chi connectivity index (χ1v) is 9.90. The third kappa shape index (κ3) is 4.19. The summed E-state index contributed by atoms with van der Waals surface area (Å²) in [4.78, 5) is 30.5. The van der Waals surface area contributed by atoms with Crippen LogP contribution in [0.2, 0.25) is 0 Å². The number of carbonyl (C=O) groups excluding carboxylic acids is 2. The molecule has 0 radical (unpaired) electrons. The Hall–Kier alpha value is -3.93. The summed E-state index contributed by atoms with van der Waals surface area (Å²) in [6, 6.07) is 21.5. The summed E-state index contributed by atoms with van der Waals surface area (Å²) in [6.07, 6.45) is 0.295. The van der Waals surface area contributed by atoms with Crippen molar-refractivity contribution in [2.75, 3.05) is 14.2 Å². The maximum atomic E-state index is 13.4. The predicted molar refractivity (Wildman–Crippen MR) is 119 cm³/mol. The molecule has 1 amide bonds. The first kappa shape index (κ1) is 20.3. The molecule has 156 valence electrons. The molecule has 0 spiro atoms. The van der Waals surface area contributed by atoms with Crippen LogP contribution in [0.1, 0.15) is 15.9 Å². The van der Waals surface area contributed by atoms with Gasteiger partial charge in [-0.3, -0.25) is 4.79 Å². The summed E-state index contributed by atoms with van der Waals surface area (Å²) < 4.78 is 10.1. The highest BCUT2D eigenvalue weighted by molar-refractivity contribution is 6.16. The number of nitrogens with zero attached hydrogens (tertiary/aromatic N) is 1. The van der Waals surface area contributed by atoms with Crippen LogP contribution in [0.4, 0.5) is 0 Å². The number of hydrogen-bond acceptors (Lipinski definition) is 5. The fourth-order valence-corrected chi connectivity index (χ4v) is 3.65. The molecule has 6 heteroatoms. The molecule has 1 aromatic heterocycles. The summed E-state index contributed by atoms with van der Waals surface area (Å²) in [6.45, 7) is 0. The van der Waals surface area contributed by atoms with Gasteiger partial charge in [0.2, 0.25) is 0 Å². The van der Waals surface area contributed by atoms with E-state index in [2.05, 4.69) is 10.3 Å². The van der Waals surface area contributed by atoms with Gasteiger partial charge in [0, 0.05) is 17.2 Å². The van der Waals surface area contributed by atoms with E-state index >= 15 is 0 Å². The number of fused-ring (bicyclic) bond motifs is 2. The van der Waals surface area contributed by atoms with E-state index < -0.39 is 12.0 Å². The molecule has 4 rings (SSSR count). The molecule has 31 heavy (non-hydrogen) atoms. The van der Waals surface area contributed by atoms with Gasteiger partial charge in [0.1, 0.15) is 11.8 Å². The number of rotatable bonds is 6. The number of amides is 1. The van der Waals surface area contributed by atoms with Crippen LogP contribution >= 0.6 is 0 Å². The fraction of sp³-hybridized carbons (Fsp3) is 0.160. The van der Waals surface area contributed by atoms with Crippen LogP contribution in [-0.4, -0.2) is 37.1 Å². The Balaban J connectivity index is 1.71. The summed E-state index contributed by atoms with van der Waals surface area (Å²) in [5.74, 6) is -0.136. The third-order valence-electron chi connectivity index (χ3n) is 5.20. The second kappa shape index (κ2) is 8.83. The molecule has 3 aromatic carbocycles. The Bertz CT molecular complexity index is 1200. The van der Waals surface area contributed by atoms with Crippen LogP contribution < -0.4 is 10.1 Å². The number of esters is 1. The van der Waals surface area contributed by atoms with Crippen LogP contribution in [0.15, 0.2) is 72.8 Å². The quantitative estimate of drug-likeness (QED) is 0.382. The van der Waals surface area contributed by atoms with Crippen molar-refractivity contribution in [3.63, 3.8) is 0 Å². The van der Waals surface area contributed by atoms with E-state index in [-0.39, 0.29) is 5.91 Å². The van der Waals surface area contributed by atoms with Gasteiger partial charge >= 0.3 is 5.97 Å². The lowest BCUT2D eigenvalue weighted by Crippen LogP contribution is -2.43. The molecule has 0 bridgehead atoms. The molecule has 0 fully saturated rings. The Kier molecular flexibility index (Phi) is 5.80. The highest BCUT2D eigenvalue weighted by Crippen LogP contribution is 2.26. The smallest absolute Gasteiger partial charge is 0.328 e. The third-order valence-corrected chi connectivity index (χ3v) is 5.20. The van der Waals surface area contributed by atoms with E-state index in [0.717, 1.165) is 33.1 Å². The first-order valence-electron chi connectivity index (χ1n) is 9.90. The number of benzene rings is 3. The van der Waals surface area contributed by atoms with Crippen molar-refractivity contribution in [2.24, 2.45) is 0 Å². The number of pyridine rings is 1. The average molecular weight is 414 g/mol. The molecule has 6 nitrogen and oxygen atoms in total. The van der Waals surface area contributed by atoms with Gasteiger partial charge in [-0.15, -0.1) is 0 Å². The Morgan fingerprint density at radius 1 is 0.871 bits per heavy atom. The number of ether oxygens (including phenoxy) is 2. The normalized spacial score (nSPS) is 11.8. The zero-order chi connectivity index (χ0) is 21.8. The van der Waals surface area contributed by atoms with Crippen molar-refractivity contribution in [1.82, 2.24) is 10.3 Å². The van der Waals surface area contributed by atoms with Crippen molar-refractivity contribution < 1.29 is 19.1 Å². The molecular weight excluding hydrogens is 392 g/mol. The van der Waals surface area contributed by atoms with E-state index in [1.165, 1.54) is 7.11 Å². The summed E-state index contributed by atoms with van der Waals surface area (Å²) >= 11 is 0. The van der Waals surface area contributed by atoms with Crippen LogP contribution in [-0.2, 0) is 16.0 Å². The van der Waals surface area contributed by atoms with Crippen LogP contribution in [0.25, 0.3) is 21.8 Å². The van der Waals surface area contributed by atoms with E-state index in [1.807, 2.05) is 72.8 Å². The lowest BCUT2D eigenvalue weighted by molar-refractivity contribution is -0.142.